The highest BCUT2D eigenvalue weighted by Crippen LogP contribution is 2.18. The third-order valence-electron chi connectivity index (χ3n) is 6.12. The van der Waals surface area contributed by atoms with E-state index in [-0.39, 0.29) is 12.0 Å². The summed E-state index contributed by atoms with van der Waals surface area (Å²) >= 11 is 0. The largest absolute Gasteiger partial charge is 0.376 e. The summed E-state index contributed by atoms with van der Waals surface area (Å²) in [6.45, 7) is 3.70. The molecule has 1 saturated carbocycles. The van der Waals surface area contributed by atoms with Crippen molar-refractivity contribution in [1.82, 2.24) is 15.5 Å². The lowest BCUT2D eigenvalue weighted by molar-refractivity contribution is -0.120. The van der Waals surface area contributed by atoms with Crippen LogP contribution < -0.4 is 10.6 Å². The van der Waals surface area contributed by atoms with Gasteiger partial charge in [0.05, 0.1) is 25.4 Å². The molecule has 2 aliphatic heterocycles. The van der Waals surface area contributed by atoms with Crippen molar-refractivity contribution in [2.75, 3.05) is 39.9 Å². The number of amides is 1. The predicted molar refractivity (Wildman–Crippen MR) is 111 cm³/mol. The van der Waals surface area contributed by atoms with Gasteiger partial charge in [-0.1, -0.05) is 19.3 Å². The first-order chi connectivity index (χ1) is 13.7. The number of hydrogen-bond donors (Lipinski definition) is 2. The smallest absolute Gasteiger partial charge is 0.239 e. The van der Waals surface area contributed by atoms with Gasteiger partial charge in [0.1, 0.15) is 0 Å². The summed E-state index contributed by atoms with van der Waals surface area (Å²) in [6, 6.07) is 0.353. The maximum atomic E-state index is 12.2. The Balaban J connectivity index is 1.32. The summed E-state index contributed by atoms with van der Waals surface area (Å²) in [5, 5.41) is 6.38. The zero-order valence-electron chi connectivity index (χ0n) is 17.5. The number of guanidine groups is 1. The van der Waals surface area contributed by atoms with Crippen LogP contribution in [0.4, 0.5) is 0 Å². The average Bonchev–Trinajstić information content (AvgIpc) is 2.75. The van der Waals surface area contributed by atoms with Gasteiger partial charge in [-0.15, -0.1) is 0 Å². The summed E-state index contributed by atoms with van der Waals surface area (Å²) in [7, 11) is 1.78. The van der Waals surface area contributed by atoms with Crippen molar-refractivity contribution in [3.63, 3.8) is 0 Å². The molecular formula is C21H38N4O3. The summed E-state index contributed by atoms with van der Waals surface area (Å²) in [5.74, 6) is 0.881. The summed E-state index contributed by atoms with van der Waals surface area (Å²) in [4.78, 5) is 18.8. The second kappa shape index (κ2) is 11.6. The minimum Gasteiger partial charge on any atom is -0.376 e. The van der Waals surface area contributed by atoms with Gasteiger partial charge in [0.15, 0.2) is 5.96 Å². The molecule has 0 bridgehead atoms. The zero-order valence-corrected chi connectivity index (χ0v) is 17.5. The third kappa shape index (κ3) is 6.92. The molecule has 3 rings (SSSR count). The Kier molecular flexibility index (Phi) is 8.86. The summed E-state index contributed by atoms with van der Waals surface area (Å²) in [5.41, 5.74) is 0. The van der Waals surface area contributed by atoms with Crippen LogP contribution in [-0.2, 0) is 14.3 Å². The van der Waals surface area contributed by atoms with Gasteiger partial charge in [0.2, 0.25) is 5.91 Å². The molecule has 3 aliphatic rings. The van der Waals surface area contributed by atoms with Crippen LogP contribution >= 0.6 is 0 Å². The predicted octanol–water partition coefficient (Wildman–Crippen LogP) is 2.06. The molecule has 0 aromatic carbocycles. The van der Waals surface area contributed by atoms with Crippen molar-refractivity contribution in [2.45, 2.75) is 82.5 Å². The van der Waals surface area contributed by atoms with Crippen molar-refractivity contribution in [3.05, 3.63) is 0 Å². The highest BCUT2D eigenvalue weighted by molar-refractivity contribution is 5.86. The molecule has 7 heteroatoms. The number of carbonyl (C=O) groups is 1. The van der Waals surface area contributed by atoms with E-state index in [0.29, 0.717) is 18.7 Å². The second-order valence-corrected chi connectivity index (χ2v) is 8.31. The van der Waals surface area contributed by atoms with E-state index in [0.717, 1.165) is 64.4 Å². The monoisotopic (exact) mass is 394 g/mol. The van der Waals surface area contributed by atoms with Crippen LogP contribution in [0.1, 0.15) is 64.2 Å². The lowest BCUT2D eigenvalue weighted by atomic mass is 9.95. The molecular weight excluding hydrogens is 356 g/mol. The van der Waals surface area contributed by atoms with E-state index in [2.05, 4.69) is 20.5 Å². The molecule has 1 amide bonds. The first-order valence-electron chi connectivity index (χ1n) is 11.2. The molecule has 2 N–H and O–H groups in total. The quantitative estimate of drug-likeness (QED) is 0.533. The minimum atomic E-state index is 0.0683. The Morgan fingerprint density at radius 1 is 1.07 bits per heavy atom. The fourth-order valence-corrected chi connectivity index (χ4v) is 4.43. The SMILES string of the molecule is CN=C(NCC(=O)NC1CCCCC1)N1CCC(OCC2CCCCO2)CC1. The van der Waals surface area contributed by atoms with Gasteiger partial charge in [-0.2, -0.15) is 0 Å². The van der Waals surface area contributed by atoms with Crippen molar-refractivity contribution < 1.29 is 14.3 Å². The number of hydrogen-bond acceptors (Lipinski definition) is 4. The number of likely N-dealkylation sites (tertiary alicyclic amines) is 1. The number of piperidine rings is 1. The van der Waals surface area contributed by atoms with Crippen molar-refractivity contribution in [3.8, 4) is 0 Å². The first-order valence-corrected chi connectivity index (χ1v) is 11.2. The van der Waals surface area contributed by atoms with Gasteiger partial charge in [0, 0.05) is 32.8 Å². The number of nitrogens with one attached hydrogen (secondary N) is 2. The van der Waals surface area contributed by atoms with Crippen molar-refractivity contribution in [1.29, 1.82) is 0 Å². The molecule has 1 unspecified atom stereocenters. The molecule has 1 atom stereocenters. The van der Waals surface area contributed by atoms with Crippen LogP contribution in [0.5, 0.6) is 0 Å². The lowest BCUT2D eigenvalue weighted by Gasteiger charge is -2.35. The van der Waals surface area contributed by atoms with E-state index < -0.39 is 0 Å². The maximum absolute atomic E-state index is 12.2. The standard InChI is InChI=1S/C21H38N4O3/c1-22-21(23-15-20(26)24-17-7-3-2-4-8-17)25-12-10-18(11-13-25)28-16-19-9-5-6-14-27-19/h17-19H,2-16H2,1H3,(H,22,23)(H,24,26). The van der Waals surface area contributed by atoms with Gasteiger partial charge in [-0.3, -0.25) is 9.79 Å². The number of aliphatic imine (C=N–C) groups is 1. The van der Waals surface area contributed by atoms with Gasteiger partial charge in [-0.25, -0.2) is 0 Å². The topological polar surface area (TPSA) is 75.2 Å². The third-order valence-corrected chi connectivity index (χ3v) is 6.12. The highest BCUT2D eigenvalue weighted by Gasteiger charge is 2.24. The molecule has 2 heterocycles. The van der Waals surface area contributed by atoms with Gasteiger partial charge < -0.3 is 25.0 Å². The Hall–Kier alpha value is -1.34. The molecule has 0 aromatic rings. The van der Waals surface area contributed by atoms with E-state index in [4.69, 9.17) is 9.47 Å². The van der Waals surface area contributed by atoms with Gasteiger partial charge in [0.25, 0.3) is 0 Å². The van der Waals surface area contributed by atoms with Gasteiger partial charge in [-0.05, 0) is 44.9 Å². The average molecular weight is 395 g/mol. The molecule has 7 nitrogen and oxygen atoms in total. The van der Waals surface area contributed by atoms with Crippen LogP contribution in [0, 0.1) is 0 Å². The number of carbonyl (C=O) groups excluding carboxylic acids is 1. The molecule has 0 aromatic heterocycles. The molecule has 160 valence electrons. The number of nitrogens with zero attached hydrogens (tertiary/aromatic N) is 2. The first kappa shape index (κ1) is 21.4. The van der Waals surface area contributed by atoms with Crippen LogP contribution in [-0.4, -0.2) is 74.9 Å². The van der Waals surface area contributed by atoms with Crippen molar-refractivity contribution >= 4 is 11.9 Å². The second-order valence-electron chi connectivity index (χ2n) is 8.31. The molecule has 3 fully saturated rings. The Morgan fingerprint density at radius 2 is 1.82 bits per heavy atom. The van der Waals surface area contributed by atoms with E-state index in [1.807, 2.05) is 0 Å². The normalized spacial score (nSPS) is 25.5. The van der Waals surface area contributed by atoms with Crippen LogP contribution in [0.15, 0.2) is 4.99 Å². The van der Waals surface area contributed by atoms with E-state index in [1.165, 1.54) is 32.1 Å². The highest BCUT2D eigenvalue weighted by atomic mass is 16.5. The van der Waals surface area contributed by atoms with Gasteiger partial charge >= 0.3 is 0 Å². The van der Waals surface area contributed by atoms with Crippen LogP contribution in [0.25, 0.3) is 0 Å². The van der Waals surface area contributed by atoms with Crippen LogP contribution in [0.3, 0.4) is 0 Å². The summed E-state index contributed by atoms with van der Waals surface area (Å²) in [6.07, 6.45) is 12.1. The van der Waals surface area contributed by atoms with Crippen molar-refractivity contribution in [2.24, 2.45) is 4.99 Å². The Bertz CT molecular complexity index is 494. The Morgan fingerprint density at radius 3 is 2.50 bits per heavy atom. The fraction of sp³-hybridized carbons (Fsp3) is 0.905. The number of ether oxygens (including phenoxy) is 2. The molecule has 0 spiro atoms. The zero-order chi connectivity index (χ0) is 19.6. The summed E-state index contributed by atoms with van der Waals surface area (Å²) < 4.78 is 11.8. The van der Waals surface area contributed by atoms with E-state index in [1.54, 1.807) is 7.05 Å². The molecule has 0 radical (unpaired) electrons. The minimum absolute atomic E-state index is 0.0683. The molecule has 28 heavy (non-hydrogen) atoms. The Labute approximate surface area is 169 Å². The fourth-order valence-electron chi connectivity index (χ4n) is 4.43. The molecule has 1 aliphatic carbocycles. The lowest BCUT2D eigenvalue weighted by Crippen LogP contribution is -2.50. The van der Waals surface area contributed by atoms with E-state index >= 15 is 0 Å². The van der Waals surface area contributed by atoms with Crippen LogP contribution in [0.2, 0.25) is 0 Å². The number of rotatable bonds is 6. The maximum Gasteiger partial charge on any atom is 0.239 e. The molecule has 2 saturated heterocycles. The van der Waals surface area contributed by atoms with E-state index in [9.17, 15) is 4.79 Å².